The standard InChI is InChI=1S/C46H79NO6/c1-9-50-40(42(5,6)49)32-27-30(2)37-38(52-32)39(48)44(8)34-18-17-33-41(3,4)35(19-21-45(33)29-46(34,45)23-22-43(37,44)7)53-36-28-47(25-26-51-36)24-20-31-15-13-11-10-12-14-16-31/h30-40,48-49H,9-29H2,1-8H3. The lowest BCUT2D eigenvalue weighted by Crippen LogP contribution is -2.60. The topological polar surface area (TPSA) is 80.6 Å². The Balaban J connectivity index is 0.951. The fourth-order valence-corrected chi connectivity index (χ4v) is 16.0. The number of morpholine rings is 1. The van der Waals surface area contributed by atoms with Crippen molar-refractivity contribution in [1.82, 2.24) is 4.90 Å². The van der Waals surface area contributed by atoms with Crippen molar-refractivity contribution in [2.24, 2.45) is 56.7 Å². The third-order valence-corrected chi connectivity index (χ3v) is 18.7. The van der Waals surface area contributed by atoms with Gasteiger partial charge in [-0.2, -0.15) is 0 Å². The summed E-state index contributed by atoms with van der Waals surface area (Å²) in [7, 11) is 0. The first-order valence-electron chi connectivity index (χ1n) is 22.8. The molecule has 14 unspecified atom stereocenters. The van der Waals surface area contributed by atoms with E-state index < -0.39 is 17.8 Å². The lowest BCUT2D eigenvalue weighted by molar-refractivity contribution is -0.249. The molecule has 0 bridgehead atoms. The van der Waals surface area contributed by atoms with E-state index in [2.05, 4.69) is 39.5 Å². The molecule has 7 nitrogen and oxygen atoms in total. The van der Waals surface area contributed by atoms with Crippen LogP contribution < -0.4 is 0 Å². The van der Waals surface area contributed by atoms with Crippen LogP contribution in [-0.4, -0.2) is 90.4 Å². The number of aliphatic hydroxyl groups is 2. The zero-order valence-electron chi connectivity index (χ0n) is 35.2. The maximum atomic E-state index is 12.7. The van der Waals surface area contributed by atoms with Gasteiger partial charge >= 0.3 is 0 Å². The van der Waals surface area contributed by atoms with Gasteiger partial charge in [-0.25, -0.2) is 0 Å². The summed E-state index contributed by atoms with van der Waals surface area (Å²) in [6.45, 7) is 22.6. The maximum Gasteiger partial charge on any atom is 0.170 e. The number of hydrogen-bond acceptors (Lipinski definition) is 7. The zero-order chi connectivity index (χ0) is 37.6. The summed E-state index contributed by atoms with van der Waals surface area (Å²) in [5.41, 5.74) is -0.396. The van der Waals surface area contributed by atoms with Gasteiger partial charge in [-0.3, -0.25) is 4.90 Å². The van der Waals surface area contributed by atoms with Gasteiger partial charge in [0.25, 0.3) is 0 Å². The molecule has 0 amide bonds. The molecule has 2 spiro atoms. The summed E-state index contributed by atoms with van der Waals surface area (Å²) in [5.74, 6) is 2.78. The Kier molecular flexibility index (Phi) is 10.6. The number of ether oxygens (including phenoxy) is 4. The van der Waals surface area contributed by atoms with E-state index in [9.17, 15) is 10.2 Å². The highest BCUT2D eigenvalue weighted by atomic mass is 16.7. The van der Waals surface area contributed by atoms with E-state index in [1.807, 2.05) is 20.8 Å². The molecule has 304 valence electrons. The maximum absolute atomic E-state index is 12.7. The molecule has 0 aromatic carbocycles. The fourth-order valence-electron chi connectivity index (χ4n) is 16.0. The molecule has 14 atom stereocenters. The van der Waals surface area contributed by atoms with Crippen molar-refractivity contribution in [3.8, 4) is 0 Å². The number of fused-ring (bicyclic) bond motifs is 4. The Morgan fingerprint density at radius 3 is 2.32 bits per heavy atom. The van der Waals surface area contributed by atoms with Crippen molar-refractivity contribution in [2.45, 2.75) is 201 Å². The molecule has 0 aromatic rings. The molecular formula is C46H79NO6. The quantitative estimate of drug-likeness (QED) is 0.245. The molecule has 2 aliphatic heterocycles. The predicted molar refractivity (Wildman–Crippen MR) is 209 cm³/mol. The number of rotatable bonds is 9. The van der Waals surface area contributed by atoms with E-state index in [0.29, 0.717) is 41.1 Å². The molecule has 6 aliphatic carbocycles. The van der Waals surface area contributed by atoms with Crippen molar-refractivity contribution in [1.29, 1.82) is 0 Å². The van der Waals surface area contributed by atoms with Gasteiger partial charge in [-0.15, -0.1) is 0 Å². The van der Waals surface area contributed by atoms with Gasteiger partial charge < -0.3 is 29.2 Å². The van der Waals surface area contributed by atoms with Crippen LogP contribution >= 0.6 is 0 Å². The molecule has 8 fully saturated rings. The van der Waals surface area contributed by atoms with E-state index >= 15 is 0 Å². The van der Waals surface area contributed by atoms with Crippen LogP contribution in [0.1, 0.15) is 158 Å². The molecule has 0 aromatic heterocycles. The molecular weight excluding hydrogens is 663 g/mol. The summed E-state index contributed by atoms with van der Waals surface area (Å²) in [5, 5.41) is 23.8. The highest BCUT2D eigenvalue weighted by molar-refractivity contribution is 5.33. The molecule has 8 rings (SSSR count). The molecule has 2 heterocycles. The predicted octanol–water partition coefficient (Wildman–Crippen LogP) is 8.77. The normalized spacial score (nSPS) is 49.4. The molecule has 8 aliphatic rings. The van der Waals surface area contributed by atoms with Crippen LogP contribution in [0.2, 0.25) is 0 Å². The van der Waals surface area contributed by atoms with Crippen molar-refractivity contribution in [3.05, 3.63) is 0 Å². The second-order valence-corrected chi connectivity index (χ2v) is 21.8. The summed E-state index contributed by atoms with van der Waals surface area (Å²) in [6, 6.07) is 0. The van der Waals surface area contributed by atoms with E-state index in [-0.39, 0.29) is 40.8 Å². The van der Waals surface area contributed by atoms with Crippen LogP contribution in [0.3, 0.4) is 0 Å². The molecule has 7 heteroatoms. The van der Waals surface area contributed by atoms with E-state index in [4.69, 9.17) is 18.9 Å². The van der Waals surface area contributed by atoms with Crippen LogP contribution in [0, 0.1) is 56.7 Å². The van der Waals surface area contributed by atoms with Crippen molar-refractivity contribution < 1.29 is 29.2 Å². The highest BCUT2D eigenvalue weighted by Gasteiger charge is 2.84. The zero-order valence-corrected chi connectivity index (χ0v) is 35.2. The monoisotopic (exact) mass is 742 g/mol. The average Bonchev–Trinajstić information content (AvgIpc) is 3.72. The minimum atomic E-state index is -1.01. The number of hydrogen-bond donors (Lipinski definition) is 2. The Labute approximate surface area is 323 Å². The van der Waals surface area contributed by atoms with Gasteiger partial charge in [0.15, 0.2) is 6.29 Å². The Morgan fingerprint density at radius 2 is 1.60 bits per heavy atom. The summed E-state index contributed by atoms with van der Waals surface area (Å²) in [4.78, 5) is 2.64. The fraction of sp³-hybridized carbons (Fsp3) is 1.00. The van der Waals surface area contributed by atoms with Crippen molar-refractivity contribution in [3.63, 3.8) is 0 Å². The van der Waals surface area contributed by atoms with Crippen LogP contribution in [0.4, 0.5) is 0 Å². The van der Waals surface area contributed by atoms with Crippen molar-refractivity contribution >= 4 is 0 Å². The number of aliphatic hydroxyl groups excluding tert-OH is 1. The minimum Gasteiger partial charge on any atom is -0.390 e. The summed E-state index contributed by atoms with van der Waals surface area (Å²) >= 11 is 0. The van der Waals surface area contributed by atoms with Gasteiger partial charge in [0.1, 0.15) is 6.10 Å². The van der Waals surface area contributed by atoms with Gasteiger partial charge in [0.05, 0.1) is 36.6 Å². The second-order valence-electron chi connectivity index (χ2n) is 21.8. The molecule has 2 saturated heterocycles. The molecule has 53 heavy (non-hydrogen) atoms. The van der Waals surface area contributed by atoms with Gasteiger partial charge in [0, 0.05) is 25.1 Å². The SMILES string of the molecule is CCOC(C1CC(C)C2C(O1)C(O)C1(C)C3CCC4C(C)(C)C(OC5CN(CCC6CCCCCCC6)CCO5)CCC45CC35CCC21C)C(C)(C)O. The smallest absolute Gasteiger partial charge is 0.170 e. The lowest BCUT2D eigenvalue weighted by Gasteiger charge is -2.64. The first kappa shape index (κ1) is 39.5. The first-order chi connectivity index (χ1) is 25.1. The van der Waals surface area contributed by atoms with Gasteiger partial charge in [-0.05, 0) is 136 Å². The Morgan fingerprint density at radius 1 is 0.906 bits per heavy atom. The first-order valence-corrected chi connectivity index (χ1v) is 22.8. The van der Waals surface area contributed by atoms with E-state index in [1.54, 1.807) is 0 Å². The van der Waals surface area contributed by atoms with E-state index in [1.165, 1.54) is 96.4 Å². The Bertz CT molecular complexity index is 1290. The lowest BCUT2D eigenvalue weighted by atomic mass is 9.41. The average molecular weight is 742 g/mol. The van der Waals surface area contributed by atoms with Crippen molar-refractivity contribution in [2.75, 3.05) is 32.8 Å². The van der Waals surface area contributed by atoms with Crippen LogP contribution in [0.5, 0.6) is 0 Å². The minimum absolute atomic E-state index is 0.0272. The largest absolute Gasteiger partial charge is 0.390 e. The van der Waals surface area contributed by atoms with Crippen LogP contribution in [-0.2, 0) is 18.9 Å². The molecule has 0 radical (unpaired) electrons. The van der Waals surface area contributed by atoms with Gasteiger partial charge in [0.2, 0.25) is 0 Å². The number of nitrogens with zero attached hydrogens (tertiary/aromatic N) is 1. The van der Waals surface area contributed by atoms with E-state index in [0.717, 1.165) is 38.5 Å². The second kappa shape index (κ2) is 14.2. The third-order valence-electron chi connectivity index (χ3n) is 18.7. The Hall–Kier alpha value is -0.280. The third kappa shape index (κ3) is 6.19. The molecule has 2 N–H and O–H groups in total. The van der Waals surface area contributed by atoms with Gasteiger partial charge in [-0.1, -0.05) is 79.6 Å². The summed E-state index contributed by atoms with van der Waals surface area (Å²) < 4.78 is 26.6. The molecule has 6 saturated carbocycles. The summed E-state index contributed by atoms with van der Waals surface area (Å²) in [6.07, 6.45) is 19.6. The highest BCUT2D eigenvalue weighted by Crippen LogP contribution is 2.89. The van der Waals surface area contributed by atoms with Crippen LogP contribution in [0.25, 0.3) is 0 Å². The van der Waals surface area contributed by atoms with Crippen LogP contribution in [0.15, 0.2) is 0 Å².